The van der Waals surface area contributed by atoms with Gasteiger partial charge in [-0.05, 0) is 47.9 Å². The van der Waals surface area contributed by atoms with E-state index in [1.165, 1.54) is 0 Å². The van der Waals surface area contributed by atoms with Crippen LogP contribution >= 0.6 is 0 Å². The minimum Gasteiger partial charge on any atom is -0.346 e. The number of carbonyl (C=O) groups is 2. The Kier molecular flexibility index (Phi) is 4.55. The lowest BCUT2D eigenvalue weighted by Crippen LogP contribution is -2.45. The lowest BCUT2D eigenvalue weighted by Gasteiger charge is -2.21. The second-order valence-corrected chi connectivity index (χ2v) is 7.94. The van der Waals surface area contributed by atoms with E-state index in [1.807, 2.05) is 67.7 Å². The summed E-state index contributed by atoms with van der Waals surface area (Å²) in [5.41, 5.74) is 6.16. The van der Waals surface area contributed by atoms with Crippen LogP contribution in [0.3, 0.4) is 0 Å². The SMILES string of the molecule is Cc1ccc2c(c1)C(=O)NC(Cc1ccc(-c3ccnc4[nH]ccc34)cc1)C(=O)N2C. The van der Waals surface area contributed by atoms with E-state index >= 15 is 0 Å². The monoisotopic (exact) mass is 410 g/mol. The summed E-state index contributed by atoms with van der Waals surface area (Å²) in [7, 11) is 1.72. The molecular formula is C25H22N4O2. The number of aromatic amines is 1. The number of carbonyl (C=O) groups excluding carboxylic acids is 2. The zero-order valence-corrected chi connectivity index (χ0v) is 17.3. The van der Waals surface area contributed by atoms with Crippen molar-refractivity contribution in [3.63, 3.8) is 0 Å². The van der Waals surface area contributed by atoms with Crippen LogP contribution in [0.5, 0.6) is 0 Å². The molecule has 3 heterocycles. The maximum absolute atomic E-state index is 13.0. The fraction of sp³-hybridized carbons (Fsp3) is 0.160. The van der Waals surface area contributed by atoms with Crippen molar-refractivity contribution in [1.29, 1.82) is 0 Å². The van der Waals surface area contributed by atoms with Crippen LogP contribution in [0.15, 0.2) is 67.0 Å². The molecule has 2 amide bonds. The highest BCUT2D eigenvalue weighted by molar-refractivity contribution is 6.11. The van der Waals surface area contributed by atoms with Gasteiger partial charge in [0.05, 0.1) is 11.3 Å². The Balaban J connectivity index is 1.41. The molecule has 0 fully saturated rings. The third-order valence-electron chi connectivity index (χ3n) is 5.86. The molecule has 6 heteroatoms. The molecule has 4 aromatic rings. The minimum absolute atomic E-state index is 0.122. The summed E-state index contributed by atoms with van der Waals surface area (Å²) in [5.74, 6) is -0.340. The molecule has 0 saturated carbocycles. The van der Waals surface area contributed by atoms with Gasteiger partial charge in [0.2, 0.25) is 5.91 Å². The number of benzene rings is 2. The Morgan fingerprint density at radius 3 is 2.61 bits per heavy atom. The number of aryl methyl sites for hydroxylation is 1. The average molecular weight is 410 g/mol. The smallest absolute Gasteiger partial charge is 0.254 e. The first-order valence-corrected chi connectivity index (χ1v) is 10.2. The number of aromatic nitrogens is 2. The maximum atomic E-state index is 13.0. The molecule has 2 aromatic carbocycles. The fourth-order valence-corrected chi connectivity index (χ4v) is 4.18. The third kappa shape index (κ3) is 3.36. The van der Waals surface area contributed by atoms with Gasteiger partial charge in [0.1, 0.15) is 11.7 Å². The summed E-state index contributed by atoms with van der Waals surface area (Å²) in [6, 6.07) is 17.1. The van der Waals surface area contributed by atoms with E-state index in [-0.39, 0.29) is 11.8 Å². The Morgan fingerprint density at radius 1 is 1.00 bits per heavy atom. The number of fused-ring (bicyclic) bond motifs is 2. The highest BCUT2D eigenvalue weighted by Gasteiger charge is 2.31. The number of nitrogens with zero attached hydrogens (tertiary/aromatic N) is 2. The number of H-pyrrole nitrogens is 1. The summed E-state index contributed by atoms with van der Waals surface area (Å²) in [6.45, 7) is 1.93. The third-order valence-corrected chi connectivity index (χ3v) is 5.86. The number of hydrogen-bond acceptors (Lipinski definition) is 3. The number of amides is 2. The van der Waals surface area contributed by atoms with Crippen LogP contribution in [0.4, 0.5) is 5.69 Å². The predicted octanol–water partition coefficient (Wildman–Crippen LogP) is 3.86. The molecular weight excluding hydrogens is 388 g/mol. The van der Waals surface area contributed by atoms with E-state index in [1.54, 1.807) is 18.1 Å². The largest absolute Gasteiger partial charge is 0.346 e. The molecule has 1 atom stereocenters. The lowest BCUT2D eigenvalue weighted by molar-refractivity contribution is -0.120. The number of nitrogens with one attached hydrogen (secondary N) is 2. The predicted molar refractivity (Wildman–Crippen MR) is 121 cm³/mol. The zero-order valence-electron chi connectivity index (χ0n) is 17.3. The van der Waals surface area contributed by atoms with Crippen LogP contribution in [0.25, 0.3) is 22.2 Å². The highest BCUT2D eigenvalue weighted by atomic mass is 16.2. The quantitative estimate of drug-likeness (QED) is 0.538. The summed E-state index contributed by atoms with van der Waals surface area (Å²) >= 11 is 0. The van der Waals surface area contributed by atoms with Crippen molar-refractivity contribution >= 4 is 28.5 Å². The molecule has 5 rings (SSSR count). The van der Waals surface area contributed by atoms with Crippen molar-refractivity contribution in [3.8, 4) is 11.1 Å². The topological polar surface area (TPSA) is 78.1 Å². The summed E-state index contributed by atoms with van der Waals surface area (Å²) < 4.78 is 0. The van der Waals surface area contributed by atoms with E-state index in [9.17, 15) is 9.59 Å². The lowest BCUT2D eigenvalue weighted by atomic mass is 9.99. The van der Waals surface area contributed by atoms with Crippen molar-refractivity contribution < 1.29 is 9.59 Å². The van der Waals surface area contributed by atoms with E-state index in [2.05, 4.69) is 15.3 Å². The van der Waals surface area contributed by atoms with Gasteiger partial charge in [0, 0.05) is 31.2 Å². The first kappa shape index (κ1) is 19.1. The Hall–Kier alpha value is -3.93. The van der Waals surface area contributed by atoms with E-state index < -0.39 is 6.04 Å². The van der Waals surface area contributed by atoms with Crippen LogP contribution in [0, 0.1) is 6.92 Å². The molecule has 0 aliphatic carbocycles. The van der Waals surface area contributed by atoms with E-state index in [0.717, 1.165) is 33.3 Å². The van der Waals surface area contributed by atoms with Gasteiger partial charge in [-0.2, -0.15) is 0 Å². The molecule has 0 spiro atoms. The van der Waals surface area contributed by atoms with Gasteiger partial charge in [-0.25, -0.2) is 4.98 Å². The van der Waals surface area contributed by atoms with Crippen molar-refractivity contribution in [2.45, 2.75) is 19.4 Å². The molecule has 6 nitrogen and oxygen atoms in total. The molecule has 2 N–H and O–H groups in total. The Labute approximate surface area is 179 Å². The number of rotatable bonds is 3. The van der Waals surface area contributed by atoms with Crippen LogP contribution in [-0.4, -0.2) is 34.9 Å². The van der Waals surface area contributed by atoms with Crippen molar-refractivity contribution in [3.05, 3.63) is 83.7 Å². The number of likely N-dealkylation sites (N-methyl/N-ethyl adjacent to an activating group) is 1. The van der Waals surface area contributed by atoms with Crippen LogP contribution in [-0.2, 0) is 11.2 Å². The number of anilines is 1. The van der Waals surface area contributed by atoms with Gasteiger partial charge < -0.3 is 15.2 Å². The highest BCUT2D eigenvalue weighted by Crippen LogP contribution is 2.28. The maximum Gasteiger partial charge on any atom is 0.254 e. The molecule has 154 valence electrons. The molecule has 1 aliphatic rings. The Morgan fingerprint density at radius 2 is 1.81 bits per heavy atom. The van der Waals surface area contributed by atoms with Crippen LogP contribution in [0.1, 0.15) is 21.5 Å². The van der Waals surface area contributed by atoms with Gasteiger partial charge in [-0.15, -0.1) is 0 Å². The molecule has 0 saturated heterocycles. The average Bonchev–Trinajstić information content (AvgIpc) is 3.24. The number of pyridine rings is 1. The molecule has 1 unspecified atom stereocenters. The van der Waals surface area contributed by atoms with Crippen LogP contribution in [0.2, 0.25) is 0 Å². The first-order valence-electron chi connectivity index (χ1n) is 10.2. The van der Waals surface area contributed by atoms with Crippen molar-refractivity contribution in [2.75, 3.05) is 11.9 Å². The van der Waals surface area contributed by atoms with Crippen LogP contribution < -0.4 is 10.2 Å². The minimum atomic E-state index is -0.617. The molecule has 2 aromatic heterocycles. The summed E-state index contributed by atoms with van der Waals surface area (Å²) in [6.07, 6.45) is 4.10. The van der Waals surface area contributed by atoms with Gasteiger partial charge in [0.25, 0.3) is 5.91 Å². The van der Waals surface area contributed by atoms with Gasteiger partial charge in [-0.1, -0.05) is 35.9 Å². The molecule has 31 heavy (non-hydrogen) atoms. The second kappa shape index (κ2) is 7.40. The molecule has 1 aliphatic heterocycles. The van der Waals surface area contributed by atoms with Gasteiger partial charge >= 0.3 is 0 Å². The number of hydrogen-bond donors (Lipinski definition) is 2. The van der Waals surface area contributed by atoms with Crippen molar-refractivity contribution in [2.24, 2.45) is 0 Å². The van der Waals surface area contributed by atoms with E-state index in [4.69, 9.17) is 0 Å². The van der Waals surface area contributed by atoms with E-state index in [0.29, 0.717) is 17.7 Å². The van der Waals surface area contributed by atoms with Gasteiger partial charge in [0.15, 0.2) is 0 Å². The summed E-state index contributed by atoms with van der Waals surface area (Å²) in [4.78, 5) is 34.9. The first-order chi connectivity index (χ1) is 15.0. The second-order valence-electron chi connectivity index (χ2n) is 7.94. The fourth-order valence-electron chi connectivity index (χ4n) is 4.18. The standard InChI is InChI=1S/C25H22N4O2/c1-15-3-8-22-20(13-15)24(30)28-21(25(31)29(22)2)14-16-4-6-17(7-5-16)18-9-11-26-23-19(18)10-12-27-23/h3-13,21H,14H2,1-2H3,(H,26,27)(H,28,30). The zero-order chi connectivity index (χ0) is 21.5. The molecule has 0 radical (unpaired) electrons. The Bertz CT molecular complexity index is 1310. The van der Waals surface area contributed by atoms with Crippen molar-refractivity contribution in [1.82, 2.24) is 15.3 Å². The van der Waals surface area contributed by atoms with Gasteiger partial charge in [-0.3, -0.25) is 9.59 Å². The normalized spacial score (nSPS) is 16.2. The summed E-state index contributed by atoms with van der Waals surface area (Å²) in [5, 5.41) is 3.98. The molecule has 0 bridgehead atoms.